The first kappa shape index (κ1) is 15.3. The molecule has 7 heteroatoms. The highest BCUT2D eigenvalue weighted by Crippen LogP contribution is 2.15. The average molecular weight is 367 g/mol. The fourth-order valence-electron chi connectivity index (χ4n) is 2.59. The summed E-state index contributed by atoms with van der Waals surface area (Å²) in [5, 5.41) is 4.21. The molecule has 0 N–H and O–H groups in total. The second kappa shape index (κ2) is 6.66. The van der Waals surface area contributed by atoms with E-state index in [-0.39, 0.29) is 5.91 Å². The van der Waals surface area contributed by atoms with E-state index in [9.17, 15) is 4.79 Å². The number of carbonyl (C=O) groups excluding carboxylic acids is 1. The van der Waals surface area contributed by atoms with Crippen LogP contribution in [0.15, 0.2) is 33.5 Å². The number of carbonyl (C=O) groups is 1. The Kier molecular flexibility index (Phi) is 4.63. The van der Waals surface area contributed by atoms with Crippen molar-refractivity contribution in [2.24, 2.45) is 0 Å². The van der Waals surface area contributed by atoms with Crippen LogP contribution in [0.3, 0.4) is 0 Å². The van der Waals surface area contributed by atoms with Crippen molar-refractivity contribution >= 4 is 21.8 Å². The predicted octanol–water partition coefficient (Wildman–Crippen LogP) is 1.89. The Morgan fingerprint density at radius 1 is 1.36 bits per heavy atom. The first-order valence-corrected chi connectivity index (χ1v) is 8.13. The molecule has 1 aliphatic rings. The van der Waals surface area contributed by atoms with Gasteiger partial charge >= 0.3 is 0 Å². The Hall–Kier alpha value is -1.60. The minimum absolute atomic E-state index is 0.122. The van der Waals surface area contributed by atoms with Crippen molar-refractivity contribution < 1.29 is 9.21 Å². The molecule has 2 aromatic heterocycles. The molecule has 0 radical (unpaired) electrons. The summed E-state index contributed by atoms with van der Waals surface area (Å²) >= 11 is 3.41. The number of piperazine rings is 1. The third kappa shape index (κ3) is 3.41. The van der Waals surface area contributed by atoms with Crippen LogP contribution in [0.1, 0.15) is 11.5 Å². The van der Waals surface area contributed by atoms with E-state index in [2.05, 4.69) is 25.9 Å². The topological polar surface area (TPSA) is 54.5 Å². The number of hydrogen-bond donors (Lipinski definition) is 0. The van der Waals surface area contributed by atoms with E-state index < -0.39 is 0 Å². The van der Waals surface area contributed by atoms with Crippen molar-refractivity contribution in [2.75, 3.05) is 26.2 Å². The lowest BCUT2D eigenvalue weighted by atomic mass is 10.3. The van der Waals surface area contributed by atoms with Gasteiger partial charge in [-0.25, -0.2) is 0 Å². The molecule has 1 fully saturated rings. The Labute approximate surface area is 137 Å². The molecular formula is C15H19BrN4O2. The third-order valence-electron chi connectivity index (χ3n) is 4.01. The van der Waals surface area contributed by atoms with E-state index in [1.54, 1.807) is 17.1 Å². The largest absolute Gasteiger partial charge is 0.468 e. The standard InChI is InChI=1S/C15H19BrN4O2/c1-12-14(16)9-17-20(12)11-15(21)19-6-4-18(5-7-19)10-13-3-2-8-22-13/h2-3,8-9H,4-7,10-11H2,1H3. The minimum Gasteiger partial charge on any atom is -0.468 e. The summed E-state index contributed by atoms with van der Waals surface area (Å²) < 4.78 is 8.04. The smallest absolute Gasteiger partial charge is 0.244 e. The lowest BCUT2D eigenvalue weighted by Crippen LogP contribution is -2.49. The van der Waals surface area contributed by atoms with Gasteiger partial charge in [-0.1, -0.05) is 0 Å². The Morgan fingerprint density at radius 3 is 2.73 bits per heavy atom. The second-order valence-electron chi connectivity index (χ2n) is 5.47. The number of rotatable bonds is 4. The molecule has 3 heterocycles. The van der Waals surface area contributed by atoms with Crippen LogP contribution < -0.4 is 0 Å². The van der Waals surface area contributed by atoms with Gasteiger partial charge in [-0.15, -0.1) is 0 Å². The van der Waals surface area contributed by atoms with Gasteiger partial charge in [-0.3, -0.25) is 14.4 Å². The maximum absolute atomic E-state index is 12.4. The predicted molar refractivity (Wildman–Crippen MR) is 85.2 cm³/mol. The summed E-state index contributed by atoms with van der Waals surface area (Å²) in [5.74, 6) is 1.09. The first-order chi connectivity index (χ1) is 10.6. The molecule has 0 spiro atoms. The summed E-state index contributed by atoms with van der Waals surface area (Å²) in [6, 6.07) is 3.88. The molecule has 3 rings (SSSR count). The van der Waals surface area contributed by atoms with Crippen molar-refractivity contribution in [3.63, 3.8) is 0 Å². The molecule has 0 aromatic carbocycles. The van der Waals surface area contributed by atoms with E-state index in [1.807, 2.05) is 24.0 Å². The van der Waals surface area contributed by atoms with Crippen LogP contribution in [0.2, 0.25) is 0 Å². The summed E-state index contributed by atoms with van der Waals surface area (Å²) in [6.45, 7) is 6.30. The molecule has 118 valence electrons. The van der Waals surface area contributed by atoms with E-state index in [4.69, 9.17) is 4.42 Å². The van der Waals surface area contributed by atoms with Crippen LogP contribution in [0.5, 0.6) is 0 Å². The number of furan rings is 1. The zero-order valence-corrected chi connectivity index (χ0v) is 14.1. The highest BCUT2D eigenvalue weighted by atomic mass is 79.9. The van der Waals surface area contributed by atoms with Crippen LogP contribution in [-0.2, 0) is 17.9 Å². The average Bonchev–Trinajstić information content (AvgIpc) is 3.13. The van der Waals surface area contributed by atoms with E-state index >= 15 is 0 Å². The van der Waals surface area contributed by atoms with Crippen LogP contribution in [-0.4, -0.2) is 51.7 Å². The quantitative estimate of drug-likeness (QED) is 0.828. The molecule has 0 unspecified atom stereocenters. The maximum atomic E-state index is 12.4. The summed E-state index contributed by atoms with van der Waals surface area (Å²) in [6.07, 6.45) is 3.42. The summed E-state index contributed by atoms with van der Waals surface area (Å²) in [7, 11) is 0. The van der Waals surface area contributed by atoms with Crippen molar-refractivity contribution in [2.45, 2.75) is 20.0 Å². The number of hydrogen-bond acceptors (Lipinski definition) is 4. The fraction of sp³-hybridized carbons (Fsp3) is 0.467. The molecule has 1 aliphatic heterocycles. The van der Waals surface area contributed by atoms with Gasteiger partial charge in [0.25, 0.3) is 0 Å². The molecule has 0 atom stereocenters. The molecular weight excluding hydrogens is 348 g/mol. The van der Waals surface area contributed by atoms with E-state index in [0.717, 1.165) is 48.7 Å². The monoisotopic (exact) mass is 366 g/mol. The van der Waals surface area contributed by atoms with Gasteiger partial charge in [0.15, 0.2) is 0 Å². The molecule has 0 saturated carbocycles. The number of amides is 1. The van der Waals surface area contributed by atoms with Crippen molar-refractivity contribution in [3.8, 4) is 0 Å². The minimum atomic E-state index is 0.122. The van der Waals surface area contributed by atoms with Crippen molar-refractivity contribution in [1.82, 2.24) is 19.6 Å². The van der Waals surface area contributed by atoms with Crippen molar-refractivity contribution in [1.29, 1.82) is 0 Å². The Bertz CT molecular complexity index is 630. The van der Waals surface area contributed by atoms with Crippen LogP contribution >= 0.6 is 15.9 Å². The number of nitrogens with zero attached hydrogens (tertiary/aromatic N) is 4. The first-order valence-electron chi connectivity index (χ1n) is 7.34. The molecule has 0 aliphatic carbocycles. The Morgan fingerprint density at radius 2 is 2.14 bits per heavy atom. The number of aromatic nitrogens is 2. The highest BCUT2D eigenvalue weighted by Gasteiger charge is 2.22. The zero-order valence-electron chi connectivity index (χ0n) is 12.5. The van der Waals surface area contributed by atoms with Gasteiger partial charge in [0.05, 0.1) is 29.2 Å². The van der Waals surface area contributed by atoms with Gasteiger partial charge in [-0.05, 0) is 35.0 Å². The number of halogens is 1. The van der Waals surface area contributed by atoms with Gasteiger partial charge in [0, 0.05) is 26.2 Å². The lowest BCUT2D eigenvalue weighted by molar-refractivity contribution is -0.133. The summed E-state index contributed by atoms with van der Waals surface area (Å²) in [5.41, 5.74) is 0.977. The van der Waals surface area contributed by atoms with E-state index in [0.29, 0.717) is 6.54 Å². The fourth-order valence-corrected chi connectivity index (χ4v) is 2.89. The molecule has 0 bridgehead atoms. The van der Waals surface area contributed by atoms with Crippen LogP contribution in [0, 0.1) is 6.92 Å². The molecule has 1 saturated heterocycles. The van der Waals surface area contributed by atoms with Gasteiger partial charge in [-0.2, -0.15) is 5.10 Å². The molecule has 22 heavy (non-hydrogen) atoms. The SMILES string of the molecule is Cc1c(Br)cnn1CC(=O)N1CCN(Cc2ccco2)CC1. The zero-order chi connectivity index (χ0) is 15.5. The summed E-state index contributed by atoms with van der Waals surface area (Å²) in [4.78, 5) is 16.6. The van der Waals surface area contributed by atoms with E-state index in [1.165, 1.54) is 0 Å². The van der Waals surface area contributed by atoms with Crippen LogP contribution in [0.25, 0.3) is 0 Å². The normalized spacial score (nSPS) is 16.2. The highest BCUT2D eigenvalue weighted by molar-refractivity contribution is 9.10. The second-order valence-corrected chi connectivity index (χ2v) is 6.33. The third-order valence-corrected chi connectivity index (χ3v) is 4.79. The van der Waals surface area contributed by atoms with Crippen molar-refractivity contribution in [3.05, 3.63) is 40.5 Å². The maximum Gasteiger partial charge on any atom is 0.244 e. The van der Waals surface area contributed by atoms with Gasteiger partial charge in [0.2, 0.25) is 5.91 Å². The molecule has 1 amide bonds. The van der Waals surface area contributed by atoms with Gasteiger partial charge < -0.3 is 9.32 Å². The van der Waals surface area contributed by atoms with Crippen LogP contribution in [0.4, 0.5) is 0 Å². The molecule has 6 nitrogen and oxygen atoms in total. The Balaban J connectivity index is 1.50. The van der Waals surface area contributed by atoms with Gasteiger partial charge in [0.1, 0.15) is 12.3 Å². The lowest BCUT2D eigenvalue weighted by Gasteiger charge is -2.34. The molecule has 2 aromatic rings.